The summed E-state index contributed by atoms with van der Waals surface area (Å²) in [6.07, 6.45) is 0.687. The number of benzene rings is 1. The summed E-state index contributed by atoms with van der Waals surface area (Å²) in [5.74, 6) is 0.238. The van der Waals surface area contributed by atoms with Crippen LogP contribution in [-0.4, -0.2) is 33.2 Å². The first-order valence-corrected chi connectivity index (χ1v) is 7.41. The molecule has 1 heterocycles. The molecular formula is C17H23N3O2. The van der Waals surface area contributed by atoms with E-state index in [-0.39, 0.29) is 17.6 Å². The fourth-order valence-electron chi connectivity index (χ4n) is 2.60. The third kappa shape index (κ3) is 3.67. The fourth-order valence-corrected chi connectivity index (χ4v) is 2.60. The number of phenols is 1. The summed E-state index contributed by atoms with van der Waals surface area (Å²) in [7, 11) is 1.81. The van der Waals surface area contributed by atoms with E-state index in [2.05, 4.69) is 10.2 Å². The van der Waals surface area contributed by atoms with Crippen LogP contribution in [0.4, 0.5) is 0 Å². The Labute approximate surface area is 131 Å². The number of carbonyl (C=O) groups excluding carboxylic acids is 1. The highest BCUT2D eigenvalue weighted by atomic mass is 16.3. The summed E-state index contributed by atoms with van der Waals surface area (Å²) in [5, 5.41) is 16.4. The highest BCUT2D eigenvalue weighted by molar-refractivity contribution is 5.78. The molecule has 2 N–H and O–H groups in total. The van der Waals surface area contributed by atoms with Crippen molar-refractivity contribution in [3.05, 3.63) is 46.8 Å². The SMILES string of the molecule is Cc1n[nH]c(C)c1C[C@H](C)C(=O)N(C)Cc1ccc(O)cc1. The van der Waals surface area contributed by atoms with Gasteiger partial charge in [-0.3, -0.25) is 9.89 Å². The molecule has 0 aliphatic rings. The Morgan fingerprint density at radius 1 is 1.32 bits per heavy atom. The predicted molar refractivity (Wildman–Crippen MR) is 85.5 cm³/mol. The van der Waals surface area contributed by atoms with Crippen molar-refractivity contribution in [2.24, 2.45) is 5.92 Å². The molecule has 0 fully saturated rings. The Morgan fingerprint density at radius 2 is 1.95 bits per heavy atom. The third-order valence-corrected chi connectivity index (χ3v) is 3.94. The molecule has 118 valence electrons. The van der Waals surface area contributed by atoms with Crippen molar-refractivity contribution in [1.82, 2.24) is 15.1 Å². The molecule has 0 radical (unpaired) electrons. The quantitative estimate of drug-likeness (QED) is 0.891. The van der Waals surface area contributed by atoms with Gasteiger partial charge in [-0.05, 0) is 43.5 Å². The topological polar surface area (TPSA) is 69.2 Å². The van der Waals surface area contributed by atoms with Crippen LogP contribution in [0.2, 0.25) is 0 Å². The molecule has 5 heteroatoms. The standard InChI is InChI=1S/C17H23N3O2/c1-11(9-16-12(2)18-19-13(16)3)17(22)20(4)10-14-5-7-15(21)8-6-14/h5-8,11,21H,9-10H2,1-4H3,(H,18,19)/t11-/m0/s1. The van der Waals surface area contributed by atoms with Gasteiger partial charge in [0, 0.05) is 25.2 Å². The van der Waals surface area contributed by atoms with Crippen molar-refractivity contribution in [2.45, 2.75) is 33.7 Å². The normalized spacial score (nSPS) is 12.2. The van der Waals surface area contributed by atoms with E-state index in [1.54, 1.807) is 24.1 Å². The number of carbonyl (C=O) groups is 1. The van der Waals surface area contributed by atoms with Gasteiger partial charge in [0.05, 0.1) is 5.69 Å². The number of rotatable bonds is 5. The van der Waals surface area contributed by atoms with Crippen LogP contribution in [0.1, 0.15) is 29.4 Å². The predicted octanol–water partition coefficient (Wildman–Crippen LogP) is 2.57. The monoisotopic (exact) mass is 301 g/mol. The van der Waals surface area contributed by atoms with Gasteiger partial charge in [0.15, 0.2) is 0 Å². The number of aryl methyl sites for hydroxylation is 2. The van der Waals surface area contributed by atoms with Crippen molar-refractivity contribution in [1.29, 1.82) is 0 Å². The molecule has 0 bridgehead atoms. The van der Waals surface area contributed by atoms with Gasteiger partial charge in [-0.2, -0.15) is 5.10 Å². The number of amides is 1. The zero-order valence-corrected chi connectivity index (χ0v) is 13.6. The van der Waals surface area contributed by atoms with Crippen LogP contribution in [0.25, 0.3) is 0 Å². The van der Waals surface area contributed by atoms with Crippen LogP contribution < -0.4 is 0 Å². The Balaban J connectivity index is 1.99. The first kappa shape index (κ1) is 16.1. The minimum atomic E-state index is -0.0999. The van der Waals surface area contributed by atoms with Crippen molar-refractivity contribution in [3.63, 3.8) is 0 Å². The Bertz CT molecular complexity index is 627. The number of aromatic hydroxyl groups is 1. The lowest BCUT2D eigenvalue weighted by Gasteiger charge is -2.21. The molecule has 0 spiro atoms. The van der Waals surface area contributed by atoms with E-state index in [9.17, 15) is 9.90 Å². The van der Waals surface area contributed by atoms with Crippen LogP contribution in [0.3, 0.4) is 0 Å². The first-order valence-electron chi connectivity index (χ1n) is 7.41. The molecule has 0 saturated carbocycles. The van der Waals surface area contributed by atoms with Gasteiger partial charge >= 0.3 is 0 Å². The number of hydrogen-bond acceptors (Lipinski definition) is 3. The van der Waals surface area contributed by atoms with Crippen LogP contribution in [0.5, 0.6) is 5.75 Å². The molecule has 0 saturated heterocycles. The third-order valence-electron chi connectivity index (χ3n) is 3.94. The van der Waals surface area contributed by atoms with Crippen molar-refractivity contribution >= 4 is 5.91 Å². The summed E-state index contributed by atoms with van der Waals surface area (Å²) >= 11 is 0. The molecular weight excluding hydrogens is 278 g/mol. The van der Waals surface area contributed by atoms with E-state index >= 15 is 0 Å². The second kappa shape index (κ2) is 6.64. The van der Waals surface area contributed by atoms with E-state index in [4.69, 9.17) is 0 Å². The largest absolute Gasteiger partial charge is 0.508 e. The van der Waals surface area contributed by atoms with Gasteiger partial charge in [-0.15, -0.1) is 0 Å². The lowest BCUT2D eigenvalue weighted by atomic mass is 9.98. The van der Waals surface area contributed by atoms with Gasteiger partial charge in [0.2, 0.25) is 5.91 Å². The van der Waals surface area contributed by atoms with E-state index in [0.717, 1.165) is 22.5 Å². The van der Waals surface area contributed by atoms with Crippen LogP contribution in [0, 0.1) is 19.8 Å². The number of H-pyrrole nitrogens is 1. The van der Waals surface area contributed by atoms with E-state index < -0.39 is 0 Å². The number of phenolic OH excluding ortho intramolecular Hbond substituents is 1. The van der Waals surface area contributed by atoms with Gasteiger partial charge in [0.1, 0.15) is 5.75 Å². The average Bonchev–Trinajstić information content (AvgIpc) is 2.80. The zero-order chi connectivity index (χ0) is 16.3. The Morgan fingerprint density at radius 3 is 2.50 bits per heavy atom. The van der Waals surface area contributed by atoms with Gasteiger partial charge < -0.3 is 10.0 Å². The lowest BCUT2D eigenvalue weighted by molar-refractivity contribution is -0.134. The van der Waals surface area contributed by atoms with E-state index in [0.29, 0.717) is 13.0 Å². The molecule has 5 nitrogen and oxygen atoms in total. The summed E-state index contributed by atoms with van der Waals surface area (Å²) in [4.78, 5) is 14.2. The number of nitrogens with zero attached hydrogens (tertiary/aromatic N) is 2. The second-order valence-electron chi connectivity index (χ2n) is 5.88. The molecule has 22 heavy (non-hydrogen) atoms. The molecule has 1 aromatic heterocycles. The Kier molecular flexibility index (Phi) is 4.85. The minimum Gasteiger partial charge on any atom is -0.508 e. The highest BCUT2D eigenvalue weighted by Gasteiger charge is 2.20. The lowest BCUT2D eigenvalue weighted by Crippen LogP contribution is -2.32. The van der Waals surface area contributed by atoms with E-state index in [1.165, 1.54) is 0 Å². The van der Waals surface area contributed by atoms with Crippen LogP contribution in [0.15, 0.2) is 24.3 Å². The minimum absolute atomic E-state index is 0.0999. The Hall–Kier alpha value is -2.30. The van der Waals surface area contributed by atoms with Gasteiger partial charge in [0.25, 0.3) is 0 Å². The zero-order valence-electron chi connectivity index (χ0n) is 13.6. The molecule has 1 amide bonds. The first-order chi connectivity index (χ1) is 10.4. The van der Waals surface area contributed by atoms with Crippen molar-refractivity contribution in [3.8, 4) is 5.75 Å². The highest BCUT2D eigenvalue weighted by Crippen LogP contribution is 2.18. The summed E-state index contributed by atoms with van der Waals surface area (Å²) < 4.78 is 0. The molecule has 1 atom stereocenters. The smallest absolute Gasteiger partial charge is 0.225 e. The fraction of sp³-hybridized carbons (Fsp3) is 0.412. The number of aromatic amines is 1. The summed E-state index contributed by atoms with van der Waals surface area (Å²) in [6, 6.07) is 6.92. The number of hydrogen-bond donors (Lipinski definition) is 2. The van der Waals surface area contributed by atoms with Crippen LogP contribution in [-0.2, 0) is 17.8 Å². The number of nitrogens with one attached hydrogen (secondary N) is 1. The second-order valence-corrected chi connectivity index (χ2v) is 5.88. The maximum atomic E-state index is 12.5. The molecule has 2 aromatic rings. The molecule has 0 aliphatic heterocycles. The molecule has 2 rings (SSSR count). The summed E-state index contributed by atoms with van der Waals surface area (Å²) in [5.41, 5.74) is 4.10. The van der Waals surface area contributed by atoms with E-state index in [1.807, 2.05) is 32.9 Å². The summed E-state index contributed by atoms with van der Waals surface area (Å²) in [6.45, 7) is 6.41. The average molecular weight is 301 g/mol. The number of aromatic nitrogens is 2. The van der Waals surface area contributed by atoms with Crippen LogP contribution >= 0.6 is 0 Å². The maximum Gasteiger partial charge on any atom is 0.225 e. The van der Waals surface area contributed by atoms with Gasteiger partial charge in [-0.25, -0.2) is 0 Å². The molecule has 0 aliphatic carbocycles. The van der Waals surface area contributed by atoms with Crippen molar-refractivity contribution in [2.75, 3.05) is 7.05 Å². The molecule has 0 unspecified atom stereocenters. The van der Waals surface area contributed by atoms with Gasteiger partial charge in [-0.1, -0.05) is 19.1 Å². The van der Waals surface area contributed by atoms with Crippen molar-refractivity contribution < 1.29 is 9.90 Å². The maximum absolute atomic E-state index is 12.5. The molecule has 1 aromatic carbocycles.